The lowest BCUT2D eigenvalue weighted by Crippen LogP contribution is -2.35. The fourth-order valence-electron chi connectivity index (χ4n) is 1.39. The van der Waals surface area contributed by atoms with Crippen molar-refractivity contribution in [3.05, 3.63) is 23.2 Å². The molecule has 6 heteroatoms. The third kappa shape index (κ3) is 5.70. The Kier molecular flexibility index (Phi) is 5.30. The summed E-state index contributed by atoms with van der Waals surface area (Å²) in [4.78, 5) is 11.4. The normalized spacial score (nSPS) is 10.9. The van der Waals surface area contributed by atoms with Crippen LogP contribution in [0.3, 0.4) is 0 Å². The highest BCUT2D eigenvalue weighted by Gasteiger charge is 2.15. The van der Waals surface area contributed by atoms with Gasteiger partial charge in [0.1, 0.15) is 5.60 Å². The number of ether oxygens (including phenoxy) is 1. The lowest BCUT2D eigenvalue weighted by atomic mass is 10.2. The summed E-state index contributed by atoms with van der Waals surface area (Å²) < 4.78 is 5.11. The Morgan fingerprint density at radius 1 is 1.37 bits per heavy atom. The third-order valence-corrected chi connectivity index (χ3v) is 2.46. The van der Waals surface area contributed by atoms with E-state index < -0.39 is 11.7 Å². The lowest BCUT2D eigenvalue weighted by molar-refractivity contribution is 0.0530. The molecule has 0 aliphatic carbocycles. The second kappa shape index (κ2) is 6.52. The van der Waals surface area contributed by atoms with Crippen LogP contribution in [0.25, 0.3) is 0 Å². The van der Waals surface area contributed by atoms with Gasteiger partial charge in [-0.1, -0.05) is 17.7 Å². The van der Waals surface area contributed by atoms with E-state index in [0.29, 0.717) is 29.5 Å². The highest BCUT2D eigenvalue weighted by molar-refractivity contribution is 6.33. The number of nitrogen functional groups attached to an aromatic ring is 1. The molecular weight excluding hydrogens is 266 g/mol. The SMILES string of the molecule is CC(C)(C)OC(=O)NCCNc1c(N)cccc1Cl. The van der Waals surface area contributed by atoms with Crippen molar-refractivity contribution in [1.82, 2.24) is 5.32 Å². The summed E-state index contributed by atoms with van der Waals surface area (Å²) in [6.07, 6.45) is -0.443. The number of carbonyl (C=O) groups is 1. The molecular formula is C13H20ClN3O2. The highest BCUT2D eigenvalue weighted by atomic mass is 35.5. The number of hydrogen-bond donors (Lipinski definition) is 3. The average Bonchev–Trinajstić information content (AvgIpc) is 2.25. The molecule has 5 nitrogen and oxygen atoms in total. The fourth-order valence-corrected chi connectivity index (χ4v) is 1.64. The van der Waals surface area contributed by atoms with Crippen molar-refractivity contribution in [2.45, 2.75) is 26.4 Å². The summed E-state index contributed by atoms with van der Waals surface area (Å²) in [6, 6.07) is 5.29. The molecule has 106 valence electrons. The Bertz CT molecular complexity index is 424. The molecule has 0 radical (unpaired) electrons. The standard InChI is InChI=1S/C13H20ClN3O2/c1-13(2,3)19-12(18)17-8-7-16-11-9(14)5-4-6-10(11)15/h4-6,16H,7-8,15H2,1-3H3,(H,17,18). The Morgan fingerprint density at radius 3 is 2.63 bits per heavy atom. The number of hydrogen-bond acceptors (Lipinski definition) is 4. The van der Waals surface area contributed by atoms with Crippen LogP contribution in [0.5, 0.6) is 0 Å². The first-order valence-corrected chi connectivity index (χ1v) is 6.42. The molecule has 0 aliphatic rings. The van der Waals surface area contributed by atoms with Gasteiger partial charge >= 0.3 is 6.09 Å². The maximum Gasteiger partial charge on any atom is 0.407 e. The van der Waals surface area contributed by atoms with E-state index in [9.17, 15) is 4.79 Å². The summed E-state index contributed by atoms with van der Waals surface area (Å²) in [7, 11) is 0. The Morgan fingerprint density at radius 2 is 2.05 bits per heavy atom. The summed E-state index contributed by atoms with van der Waals surface area (Å²) in [5.74, 6) is 0. The molecule has 19 heavy (non-hydrogen) atoms. The van der Waals surface area contributed by atoms with Gasteiger partial charge in [-0.15, -0.1) is 0 Å². The van der Waals surface area contributed by atoms with E-state index in [2.05, 4.69) is 10.6 Å². The van der Waals surface area contributed by atoms with Crippen LogP contribution in [0.2, 0.25) is 5.02 Å². The molecule has 0 aliphatic heterocycles. The van der Waals surface area contributed by atoms with E-state index in [1.165, 1.54) is 0 Å². The van der Waals surface area contributed by atoms with Gasteiger partial charge in [0.25, 0.3) is 0 Å². The second-order valence-corrected chi connectivity index (χ2v) is 5.47. The smallest absolute Gasteiger partial charge is 0.407 e. The summed E-state index contributed by atoms with van der Waals surface area (Å²) >= 11 is 6.00. The van der Waals surface area contributed by atoms with Crippen LogP contribution < -0.4 is 16.4 Å². The number of rotatable bonds is 4. The van der Waals surface area contributed by atoms with Gasteiger partial charge in [0.15, 0.2) is 0 Å². The van der Waals surface area contributed by atoms with Gasteiger partial charge in [0.2, 0.25) is 0 Å². The number of nitrogens with one attached hydrogen (secondary N) is 2. The van der Waals surface area contributed by atoms with Crippen LogP contribution >= 0.6 is 11.6 Å². The molecule has 1 amide bonds. The number of amides is 1. The molecule has 1 aromatic rings. The van der Waals surface area contributed by atoms with Crippen LogP contribution in [0.1, 0.15) is 20.8 Å². The summed E-state index contributed by atoms with van der Waals surface area (Å²) in [5, 5.41) is 6.27. The molecule has 0 fully saturated rings. The first-order chi connectivity index (χ1) is 8.79. The van der Waals surface area contributed by atoms with E-state index in [1.807, 2.05) is 20.8 Å². The van der Waals surface area contributed by atoms with Gasteiger partial charge in [-0.2, -0.15) is 0 Å². The zero-order valence-corrected chi connectivity index (χ0v) is 12.2. The van der Waals surface area contributed by atoms with Gasteiger partial charge in [-0.3, -0.25) is 0 Å². The quantitative estimate of drug-likeness (QED) is 0.587. The number of para-hydroxylation sites is 1. The van der Waals surface area contributed by atoms with Crippen molar-refractivity contribution in [3.63, 3.8) is 0 Å². The van der Waals surface area contributed by atoms with Crippen LogP contribution in [0.15, 0.2) is 18.2 Å². The predicted octanol–water partition coefficient (Wildman–Crippen LogP) is 2.86. The van der Waals surface area contributed by atoms with E-state index in [0.717, 1.165) is 0 Å². The molecule has 0 heterocycles. The number of halogens is 1. The maximum atomic E-state index is 11.4. The van der Waals surface area contributed by atoms with E-state index in [-0.39, 0.29) is 0 Å². The predicted molar refractivity (Wildman–Crippen MR) is 78.6 cm³/mol. The Labute approximate surface area is 118 Å². The molecule has 0 aromatic heterocycles. The van der Waals surface area contributed by atoms with Crippen molar-refractivity contribution in [3.8, 4) is 0 Å². The molecule has 1 aromatic carbocycles. The Hall–Kier alpha value is -1.62. The number of carbonyl (C=O) groups excluding carboxylic acids is 1. The van der Waals surface area contributed by atoms with Crippen LogP contribution in [0, 0.1) is 0 Å². The minimum Gasteiger partial charge on any atom is -0.444 e. The van der Waals surface area contributed by atoms with Crippen molar-refractivity contribution in [2.24, 2.45) is 0 Å². The fraction of sp³-hybridized carbons (Fsp3) is 0.462. The van der Waals surface area contributed by atoms with Gasteiger partial charge in [0, 0.05) is 13.1 Å². The minimum absolute atomic E-state index is 0.416. The molecule has 0 spiro atoms. The van der Waals surface area contributed by atoms with Crippen molar-refractivity contribution in [1.29, 1.82) is 0 Å². The third-order valence-electron chi connectivity index (χ3n) is 2.14. The van der Waals surface area contributed by atoms with Gasteiger partial charge in [-0.25, -0.2) is 4.79 Å². The minimum atomic E-state index is -0.495. The summed E-state index contributed by atoms with van der Waals surface area (Å²) in [6.45, 7) is 6.37. The van der Waals surface area contributed by atoms with E-state index in [1.54, 1.807) is 18.2 Å². The van der Waals surface area contributed by atoms with Crippen LogP contribution in [-0.4, -0.2) is 24.8 Å². The van der Waals surface area contributed by atoms with Crippen molar-refractivity contribution in [2.75, 3.05) is 24.1 Å². The monoisotopic (exact) mass is 285 g/mol. The van der Waals surface area contributed by atoms with E-state index in [4.69, 9.17) is 22.1 Å². The van der Waals surface area contributed by atoms with Gasteiger partial charge in [-0.05, 0) is 32.9 Å². The zero-order valence-electron chi connectivity index (χ0n) is 11.4. The van der Waals surface area contributed by atoms with Crippen LogP contribution in [0.4, 0.5) is 16.2 Å². The van der Waals surface area contributed by atoms with Gasteiger partial charge in [0.05, 0.1) is 16.4 Å². The zero-order chi connectivity index (χ0) is 14.5. The van der Waals surface area contributed by atoms with Crippen LogP contribution in [-0.2, 0) is 4.74 Å². The van der Waals surface area contributed by atoms with Crippen molar-refractivity contribution < 1.29 is 9.53 Å². The summed E-state index contributed by atoms with van der Waals surface area (Å²) in [5.41, 5.74) is 6.54. The molecule has 1 rings (SSSR count). The highest BCUT2D eigenvalue weighted by Crippen LogP contribution is 2.27. The molecule has 4 N–H and O–H groups in total. The first kappa shape index (κ1) is 15.4. The Balaban J connectivity index is 2.34. The maximum absolute atomic E-state index is 11.4. The topological polar surface area (TPSA) is 76.4 Å². The number of alkyl carbamates (subject to hydrolysis) is 1. The average molecular weight is 286 g/mol. The number of nitrogens with two attached hydrogens (primary N) is 1. The molecule has 0 atom stereocenters. The number of benzene rings is 1. The number of anilines is 2. The molecule has 0 bridgehead atoms. The first-order valence-electron chi connectivity index (χ1n) is 6.04. The molecule has 0 unspecified atom stereocenters. The van der Waals surface area contributed by atoms with Gasteiger partial charge < -0.3 is 21.1 Å². The second-order valence-electron chi connectivity index (χ2n) is 5.06. The van der Waals surface area contributed by atoms with E-state index >= 15 is 0 Å². The largest absolute Gasteiger partial charge is 0.444 e. The molecule has 0 saturated heterocycles. The van der Waals surface area contributed by atoms with Crippen molar-refractivity contribution >= 4 is 29.1 Å². The lowest BCUT2D eigenvalue weighted by Gasteiger charge is -2.19. The molecule has 0 saturated carbocycles.